The van der Waals surface area contributed by atoms with E-state index >= 15 is 0 Å². The van der Waals surface area contributed by atoms with Crippen molar-refractivity contribution >= 4 is 39.9 Å². The molecule has 0 aliphatic heterocycles. The van der Waals surface area contributed by atoms with Gasteiger partial charge in [-0.3, -0.25) is 0 Å². The Morgan fingerprint density at radius 2 is 1.90 bits per heavy atom. The number of hydrogen-bond donors (Lipinski definition) is 3. The summed E-state index contributed by atoms with van der Waals surface area (Å²) in [5, 5.41) is 3.39. The van der Waals surface area contributed by atoms with Crippen molar-refractivity contribution in [2.24, 2.45) is 5.84 Å². The molecule has 2 rings (SSSR count). The van der Waals surface area contributed by atoms with E-state index in [1.807, 2.05) is 0 Å². The zero-order chi connectivity index (χ0) is 14.7. The molecular formula is C14H18IN5. The van der Waals surface area contributed by atoms with Crippen LogP contribution in [0.5, 0.6) is 0 Å². The molecule has 0 unspecified atom stereocenters. The lowest BCUT2D eigenvalue weighted by atomic mass is 10.0. The number of anilines is 3. The highest BCUT2D eigenvalue weighted by atomic mass is 127. The lowest BCUT2D eigenvalue weighted by Crippen LogP contribution is -2.14. The Balaban J connectivity index is 2.45. The fourth-order valence-corrected chi connectivity index (χ4v) is 2.50. The van der Waals surface area contributed by atoms with Crippen molar-refractivity contribution in [1.29, 1.82) is 0 Å². The predicted octanol–water partition coefficient (Wildman–Crippen LogP) is 3.54. The van der Waals surface area contributed by atoms with Crippen molar-refractivity contribution < 1.29 is 0 Å². The monoisotopic (exact) mass is 383 g/mol. The van der Waals surface area contributed by atoms with Gasteiger partial charge in [0.05, 0.1) is 0 Å². The largest absolute Gasteiger partial charge is 0.340 e. The average Bonchev–Trinajstić information content (AvgIpc) is 2.42. The van der Waals surface area contributed by atoms with Gasteiger partial charge in [-0.2, -0.15) is 0 Å². The lowest BCUT2D eigenvalue weighted by Gasteiger charge is -2.17. The summed E-state index contributed by atoms with van der Waals surface area (Å²) in [6.45, 7) is 6.25. The van der Waals surface area contributed by atoms with Crippen molar-refractivity contribution in [2.75, 3.05) is 10.7 Å². The molecule has 20 heavy (non-hydrogen) atoms. The zero-order valence-corrected chi connectivity index (χ0v) is 13.9. The highest BCUT2D eigenvalue weighted by Crippen LogP contribution is 2.31. The molecule has 0 spiro atoms. The van der Waals surface area contributed by atoms with Gasteiger partial charge in [-0.15, -0.1) is 0 Å². The summed E-state index contributed by atoms with van der Waals surface area (Å²) >= 11 is 2.30. The molecule has 2 aromatic rings. The molecule has 0 aliphatic rings. The van der Waals surface area contributed by atoms with Crippen LogP contribution in [-0.2, 0) is 0 Å². The van der Waals surface area contributed by atoms with Crippen LogP contribution in [0.15, 0.2) is 24.5 Å². The molecule has 0 atom stereocenters. The Bertz CT molecular complexity index is 613. The summed E-state index contributed by atoms with van der Waals surface area (Å²) in [6.07, 6.45) is 1.51. The number of nitrogen functional groups attached to an aromatic ring is 1. The molecule has 6 heteroatoms. The summed E-state index contributed by atoms with van der Waals surface area (Å²) in [7, 11) is 0. The van der Waals surface area contributed by atoms with Gasteiger partial charge >= 0.3 is 0 Å². The molecule has 0 aliphatic carbocycles. The van der Waals surface area contributed by atoms with Gasteiger partial charge in [0.1, 0.15) is 18.0 Å². The number of benzene rings is 1. The normalized spacial score (nSPS) is 10.7. The quantitative estimate of drug-likeness (QED) is 0.428. The van der Waals surface area contributed by atoms with E-state index in [0.717, 1.165) is 17.1 Å². The highest BCUT2D eigenvalue weighted by Gasteiger charge is 2.15. The third kappa shape index (κ3) is 3.18. The summed E-state index contributed by atoms with van der Waals surface area (Å²) in [5.74, 6) is 7.23. The molecule has 0 fully saturated rings. The van der Waals surface area contributed by atoms with Gasteiger partial charge in [-0.1, -0.05) is 19.9 Å². The maximum Gasteiger partial charge on any atom is 0.148 e. The first kappa shape index (κ1) is 15.0. The standard InChI is InChI=1S/C14H18IN5/c1-8(2)12-13(17-7-18-14(12)20-16)19-11-6-10(15)5-4-9(11)3/h4-8H,16H2,1-3H3,(H2,17,18,19,20). The number of aryl methyl sites for hydroxylation is 1. The van der Waals surface area contributed by atoms with E-state index in [0.29, 0.717) is 5.82 Å². The molecule has 5 nitrogen and oxygen atoms in total. The maximum atomic E-state index is 5.54. The molecule has 0 saturated carbocycles. The Kier molecular flexibility index (Phi) is 4.77. The van der Waals surface area contributed by atoms with Gasteiger partial charge in [-0.05, 0) is 53.1 Å². The molecule has 0 radical (unpaired) electrons. The molecule has 1 aromatic heterocycles. The van der Waals surface area contributed by atoms with Crippen LogP contribution in [0.4, 0.5) is 17.3 Å². The van der Waals surface area contributed by atoms with Gasteiger partial charge in [0.2, 0.25) is 0 Å². The number of nitrogens with one attached hydrogen (secondary N) is 2. The van der Waals surface area contributed by atoms with E-state index in [-0.39, 0.29) is 5.92 Å². The van der Waals surface area contributed by atoms with Crippen LogP contribution in [0.3, 0.4) is 0 Å². The smallest absolute Gasteiger partial charge is 0.148 e. The minimum Gasteiger partial charge on any atom is -0.340 e. The summed E-state index contributed by atoms with van der Waals surface area (Å²) in [5.41, 5.74) is 5.83. The Hall–Kier alpha value is -1.41. The van der Waals surface area contributed by atoms with E-state index in [9.17, 15) is 0 Å². The maximum absolute atomic E-state index is 5.54. The van der Waals surface area contributed by atoms with Crippen molar-refractivity contribution in [3.05, 3.63) is 39.2 Å². The molecule has 0 saturated heterocycles. The van der Waals surface area contributed by atoms with Gasteiger partial charge in [-0.25, -0.2) is 15.8 Å². The van der Waals surface area contributed by atoms with E-state index in [1.54, 1.807) is 0 Å². The number of rotatable bonds is 4. The first-order valence-electron chi connectivity index (χ1n) is 6.37. The number of nitrogens with two attached hydrogens (primary N) is 1. The Morgan fingerprint density at radius 1 is 1.20 bits per heavy atom. The molecule has 1 aromatic carbocycles. The summed E-state index contributed by atoms with van der Waals surface area (Å²) in [4.78, 5) is 8.53. The van der Waals surface area contributed by atoms with Crippen LogP contribution in [-0.4, -0.2) is 9.97 Å². The number of aromatic nitrogens is 2. The van der Waals surface area contributed by atoms with Crippen LogP contribution >= 0.6 is 22.6 Å². The van der Waals surface area contributed by atoms with Crippen LogP contribution in [0.25, 0.3) is 0 Å². The minimum atomic E-state index is 0.257. The van der Waals surface area contributed by atoms with Gasteiger partial charge < -0.3 is 10.7 Å². The van der Waals surface area contributed by atoms with E-state index < -0.39 is 0 Å². The van der Waals surface area contributed by atoms with Crippen molar-refractivity contribution in [1.82, 2.24) is 9.97 Å². The van der Waals surface area contributed by atoms with Gasteiger partial charge in [0.25, 0.3) is 0 Å². The molecule has 106 valence electrons. The highest BCUT2D eigenvalue weighted by molar-refractivity contribution is 14.1. The molecule has 0 amide bonds. The second-order valence-electron chi connectivity index (χ2n) is 4.87. The van der Waals surface area contributed by atoms with E-state index in [2.05, 4.69) is 82.3 Å². The first-order valence-corrected chi connectivity index (χ1v) is 7.45. The summed E-state index contributed by atoms with van der Waals surface area (Å²) in [6, 6.07) is 6.26. The zero-order valence-electron chi connectivity index (χ0n) is 11.7. The molecule has 1 heterocycles. The van der Waals surface area contributed by atoms with E-state index in [4.69, 9.17) is 5.84 Å². The predicted molar refractivity (Wildman–Crippen MR) is 91.1 cm³/mol. The fourth-order valence-electron chi connectivity index (χ4n) is 2.01. The fraction of sp³-hybridized carbons (Fsp3) is 0.286. The number of hydrogen-bond acceptors (Lipinski definition) is 5. The second kappa shape index (κ2) is 6.36. The van der Waals surface area contributed by atoms with Crippen LogP contribution < -0.4 is 16.6 Å². The van der Waals surface area contributed by atoms with Crippen molar-refractivity contribution in [2.45, 2.75) is 26.7 Å². The number of nitrogens with zero attached hydrogens (tertiary/aromatic N) is 2. The van der Waals surface area contributed by atoms with Gasteiger partial charge in [0.15, 0.2) is 0 Å². The number of hydrazine groups is 1. The Morgan fingerprint density at radius 3 is 2.55 bits per heavy atom. The van der Waals surface area contributed by atoms with Crippen LogP contribution in [0, 0.1) is 10.5 Å². The van der Waals surface area contributed by atoms with Crippen LogP contribution in [0.1, 0.15) is 30.9 Å². The second-order valence-corrected chi connectivity index (χ2v) is 6.11. The van der Waals surface area contributed by atoms with Crippen molar-refractivity contribution in [3.8, 4) is 0 Å². The Labute approximate surface area is 132 Å². The minimum absolute atomic E-state index is 0.257. The molecule has 4 N–H and O–H groups in total. The SMILES string of the molecule is Cc1ccc(I)cc1Nc1ncnc(NN)c1C(C)C. The van der Waals surface area contributed by atoms with E-state index in [1.165, 1.54) is 15.5 Å². The lowest BCUT2D eigenvalue weighted by molar-refractivity contribution is 0.850. The van der Waals surface area contributed by atoms with Gasteiger partial charge in [0, 0.05) is 14.8 Å². The first-order chi connectivity index (χ1) is 9.52. The molecule has 0 bridgehead atoms. The summed E-state index contributed by atoms with van der Waals surface area (Å²) < 4.78 is 1.17. The van der Waals surface area contributed by atoms with Crippen LogP contribution in [0.2, 0.25) is 0 Å². The average molecular weight is 383 g/mol. The number of halogens is 1. The topological polar surface area (TPSA) is 75.9 Å². The third-order valence-electron chi connectivity index (χ3n) is 3.05. The molecular weight excluding hydrogens is 365 g/mol. The third-order valence-corrected chi connectivity index (χ3v) is 3.72. The van der Waals surface area contributed by atoms with Crippen molar-refractivity contribution in [3.63, 3.8) is 0 Å².